The zero-order valence-electron chi connectivity index (χ0n) is 12.0. The van der Waals surface area contributed by atoms with E-state index in [1.54, 1.807) is 11.3 Å². The molecule has 0 aromatic carbocycles. The molecule has 0 saturated carbocycles. The normalized spacial score (nSPS) is 13.5. The number of nitrogens with one attached hydrogen (secondary N) is 2. The van der Waals surface area contributed by atoms with Crippen LogP contribution in [0.15, 0.2) is 4.99 Å². The predicted molar refractivity (Wildman–Crippen MR) is 79.3 cm³/mol. The first-order chi connectivity index (χ1) is 8.56. The van der Waals surface area contributed by atoms with Crippen molar-refractivity contribution >= 4 is 17.3 Å². The van der Waals surface area contributed by atoms with Crippen molar-refractivity contribution in [3.8, 4) is 0 Å². The van der Waals surface area contributed by atoms with Crippen LogP contribution in [0.4, 0.5) is 0 Å². The molecule has 1 unspecified atom stereocenters. The number of hydrogen-bond donors (Lipinski definition) is 2. The minimum absolute atomic E-state index is 0.433. The molecule has 102 valence electrons. The lowest BCUT2D eigenvalue weighted by atomic mass is 10.3. The fourth-order valence-electron chi connectivity index (χ4n) is 1.41. The Kier molecular flexibility index (Phi) is 6.12. The molecule has 1 rings (SSSR count). The minimum atomic E-state index is 0.433. The maximum Gasteiger partial charge on any atom is 0.191 e. The third-order valence-electron chi connectivity index (χ3n) is 2.78. The lowest BCUT2D eigenvalue weighted by Crippen LogP contribution is -2.41. The first-order valence-corrected chi connectivity index (χ1v) is 7.36. The summed E-state index contributed by atoms with van der Waals surface area (Å²) in [4.78, 5) is 10.3. The molecule has 0 fully saturated rings. The van der Waals surface area contributed by atoms with E-state index in [0.717, 1.165) is 29.6 Å². The minimum Gasteiger partial charge on any atom is -0.357 e. The van der Waals surface area contributed by atoms with Gasteiger partial charge in [0.25, 0.3) is 0 Å². The lowest BCUT2D eigenvalue weighted by Gasteiger charge is -2.15. The molecule has 0 aliphatic heterocycles. The Balaban J connectivity index is 2.64. The number of aliphatic imine (C=N–C) groups is 1. The molecular weight excluding hydrogens is 244 g/mol. The van der Waals surface area contributed by atoms with E-state index >= 15 is 0 Å². The van der Waals surface area contributed by atoms with E-state index < -0.39 is 0 Å². The molecule has 18 heavy (non-hydrogen) atoms. The van der Waals surface area contributed by atoms with E-state index in [-0.39, 0.29) is 0 Å². The smallest absolute Gasteiger partial charge is 0.191 e. The summed E-state index contributed by atoms with van der Waals surface area (Å²) in [5.41, 5.74) is 1.12. The average Bonchev–Trinajstić information content (AvgIpc) is 2.66. The zero-order valence-corrected chi connectivity index (χ0v) is 12.8. The van der Waals surface area contributed by atoms with Gasteiger partial charge in [0.2, 0.25) is 0 Å². The maximum absolute atomic E-state index is 4.57. The number of rotatable bonds is 5. The molecule has 1 heterocycles. The second-order valence-corrected chi connectivity index (χ2v) is 5.69. The Morgan fingerprint density at radius 2 is 2.11 bits per heavy atom. The van der Waals surface area contributed by atoms with Crippen LogP contribution in [0.5, 0.6) is 0 Å². The van der Waals surface area contributed by atoms with Gasteiger partial charge in [-0.1, -0.05) is 6.92 Å². The molecule has 1 aromatic rings. The van der Waals surface area contributed by atoms with E-state index in [2.05, 4.69) is 48.3 Å². The van der Waals surface area contributed by atoms with E-state index in [4.69, 9.17) is 0 Å². The molecule has 0 bridgehead atoms. The standard InChI is InChI=1S/C13H24N4S/c1-6-9(3)16-13(14-7-2)15-8-12-17-10(4)11(5)18-12/h9H,6-8H2,1-5H3,(H2,14,15,16). The van der Waals surface area contributed by atoms with Gasteiger partial charge in [-0.15, -0.1) is 11.3 Å². The fraction of sp³-hybridized carbons (Fsp3) is 0.692. The van der Waals surface area contributed by atoms with Crippen LogP contribution in [0.25, 0.3) is 0 Å². The van der Waals surface area contributed by atoms with Gasteiger partial charge in [-0.2, -0.15) is 0 Å². The van der Waals surface area contributed by atoms with Gasteiger partial charge < -0.3 is 10.6 Å². The van der Waals surface area contributed by atoms with Crippen LogP contribution >= 0.6 is 11.3 Å². The summed E-state index contributed by atoms with van der Waals surface area (Å²) in [5.74, 6) is 0.873. The highest BCUT2D eigenvalue weighted by atomic mass is 32.1. The first-order valence-electron chi connectivity index (χ1n) is 6.54. The topological polar surface area (TPSA) is 49.3 Å². The summed E-state index contributed by atoms with van der Waals surface area (Å²) in [6.07, 6.45) is 1.08. The van der Waals surface area contributed by atoms with Gasteiger partial charge in [-0.05, 0) is 34.1 Å². The summed E-state index contributed by atoms with van der Waals surface area (Å²) >= 11 is 1.73. The van der Waals surface area contributed by atoms with Gasteiger partial charge in [-0.3, -0.25) is 0 Å². The summed E-state index contributed by atoms with van der Waals surface area (Å²) in [5, 5.41) is 7.71. The molecule has 5 heteroatoms. The third-order valence-corrected chi connectivity index (χ3v) is 3.84. The molecule has 0 spiro atoms. The Morgan fingerprint density at radius 1 is 1.39 bits per heavy atom. The van der Waals surface area contributed by atoms with E-state index in [1.165, 1.54) is 4.88 Å². The number of thiazole rings is 1. The average molecular weight is 268 g/mol. The van der Waals surface area contributed by atoms with Crippen LogP contribution in [0.2, 0.25) is 0 Å². The number of guanidine groups is 1. The zero-order chi connectivity index (χ0) is 13.5. The number of hydrogen-bond acceptors (Lipinski definition) is 3. The van der Waals surface area contributed by atoms with Crippen molar-refractivity contribution in [1.29, 1.82) is 0 Å². The predicted octanol–water partition coefficient (Wildman–Crippen LogP) is 2.61. The van der Waals surface area contributed by atoms with Crippen LogP contribution in [-0.2, 0) is 6.54 Å². The fourth-order valence-corrected chi connectivity index (χ4v) is 2.27. The largest absolute Gasteiger partial charge is 0.357 e. The van der Waals surface area contributed by atoms with Gasteiger partial charge in [0.05, 0.1) is 12.2 Å². The van der Waals surface area contributed by atoms with E-state index in [0.29, 0.717) is 12.6 Å². The highest BCUT2D eigenvalue weighted by Gasteiger charge is 2.05. The molecule has 1 aromatic heterocycles. The van der Waals surface area contributed by atoms with Crippen LogP contribution in [0.1, 0.15) is 42.8 Å². The Morgan fingerprint density at radius 3 is 2.61 bits per heavy atom. The highest BCUT2D eigenvalue weighted by Crippen LogP contribution is 2.16. The van der Waals surface area contributed by atoms with Crippen molar-refractivity contribution in [1.82, 2.24) is 15.6 Å². The monoisotopic (exact) mass is 268 g/mol. The van der Waals surface area contributed by atoms with Crippen LogP contribution in [0.3, 0.4) is 0 Å². The molecule has 0 saturated heterocycles. The number of aromatic nitrogens is 1. The first kappa shape index (κ1) is 15.0. The van der Waals surface area contributed by atoms with Crippen molar-refractivity contribution in [2.45, 2.75) is 53.6 Å². The SMILES string of the molecule is CCNC(=NCc1nc(C)c(C)s1)NC(C)CC. The van der Waals surface area contributed by atoms with E-state index in [1.807, 2.05) is 6.92 Å². The molecule has 0 aliphatic carbocycles. The van der Waals surface area contributed by atoms with Crippen molar-refractivity contribution in [3.63, 3.8) is 0 Å². The van der Waals surface area contributed by atoms with Gasteiger partial charge in [0.1, 0.15) is 5.01 Å². The van der Waals surface area contributed by atoms with Crippen molar-refractivity contribution < 1.29 is 0 Å². The van der Waals surface area contributed by atoms with Crippen LogP contribution in [0, 0.1) is 13.8 Å². The summed E-state index contributed by atoms with van der Waals surface area (Å²) in [7, 11) is 0. The van der Waals surface area contributed by atoms with Gasteiger partial charge >= 0.3 is 0 Å². The van der Waals surface area contributed by atoms with Crippen molar-refractivity contribution in [3.05, 3.63) is 15.6 Å². The number of nitrogens with zero attached hydrogens (tertiary/aromatic N) is 2. The quantitative estimate of drug-likeness (QED) is 0.637. The van der Waals surface area contributed by atoms with Crippen molar-refractivity contribution in [2.24, 2.45) is 4.99 Å². The van der Waals surface area contributed by atoms with Crippen molar-refractivity contribution in [2.75, 3.05) is 6.54 Å². The molecular formula is C13H24N4S. The number of aryl methyl sites for hydroxylation is 2. The molecule has 0 aliphatic rings. The summed E-state index contributed by atoms with van der Waals surface area (Å²) in [6, 6.07) is 0.433. The second-order valence-electron chi connectivity index (χ2n) is 4.40. The summed E-state index contributed by atoms with van der Waals surface area (Å²) < 4.78 is 0. The van der Waals surface area contributed by atoms with Gasteiger partial charge in [0, 0.05) is 17.5 Å². The Hall–Kier alpha value is -1.10. The molecule has 2 N–H and O–H groups in total. The molecule has 0 radical (unpaired) electrons. The second kappa shape index (κ2) is 7.36. The lowest BCUT2D eigenvalue weighted by molar-refractivity contribution is 0.624. The summed E-state index contributed by atoms with van der Waals surface area (Å²) in [6.45, 7) is 12.1. The van der Waals surface area contributed by atoms with E-state index in [9.17, 15) is 0 Å². The molecule has 0 amide bonds. The van der Waals surface area contributed by atoms with Crippen LogP contribution < -0.4 is 10.6 Å². The molecule has 1 atom stereocenters. The highest BCUT2D eigenvalue weighted by molar-refractivity contribution is 7.11. The van der Waals surface area contributed by atoms with Gasteiger partial charge in [-0.25, -0.2) is 9.98 Å². The Bertz CT molecular complexity index is 378. The van der Waals surface area contributed by atoms with Gasteiger partial charge in [0.15, 0.2) is 5.96 Å². The Labute approximate surface area is 114 Å². The maximum atomic E-state index is 4.57. The molecule has 4 nitrogen and oxygen atoms in total. The third kappa shape index (κ3) is 4.64. The van der Waals surface area contributed by atoms with Crippen LogP contribution in [-0.4, -0.2) is 23.5 Å².